The minimum absolute atomic E-state index is 0.207. The Morgan fingerprint density at radius 2 is 2.12 bits per heavy atom. The predicted molar refractivity (Wildman–Crippen MR) is 71.2 cm³/mol. The molecule has 0 aliphatic rings. The topological polar surface area (TPSA) is 61.0 Å². The predicted octanol–water partition coefficient (Wildman–Crippen LogP) is 1.89. The van der Waals surface area contributed by atoms with Gasteiger partial charge in [0.05, 0.1) is 0 Å². The third-order valence-corrected chi connectivity index (χ3v) is 3.39. The van der Waals surface area contributed by atoms with Gasteiger partial charge in [-0.3, -0.25) is 0 Å². The summed E-state index contributed by atoms with van der Waals surface area (Å²) in [5.74, 6) is 0.988. The van der Waals surface area contributed by atoms with Crippen molar-refractivity contribution in [2.45, 2.75) is 37.4 Å². The van der Waals surface area contributed by atoms with E-state index in [1.165, 1.54) is 0 Å². The summed E-state index contributed by atoms with van der Waals surface area (Å²) >= 11 is 1.66. The van der Waals surface area contributed by atoms with Crippen LogP contribution in [0.15, 0.2) is 17.6 Å². The van der Waals surface area contributed by atoms with E-state index in [4.69, 9.17) is 10.5 Å². The average molecular weight is 255 g/mol. The van der Waals surface area contributed by atoms with Crippen LogP contribution in [0.4, 0.5) is 0 Å². The first-order chi connectivity index (χ1) is 8.26. The van der Waals surface area contributed by atoms with Crippen LogP contribution in [-0.2, 0) is 11.2 Å². The highest BCUT2D eigenvalue weighted by Gasteiger charge is 2.03. The van der Waals surface area contributed by atoms with Crippen molar-refractivity contribution in [3.05, 3.63) is 18.0 Å². The fourth-order valence-electron chi connectivity index (χ4n) is 1.34. The van der Waals surface area contributed by atoms with Crippen LogP contribution in [0.25, 0.3) is 0 Å². The van der Waals surface area contributed by atoms with Gasteiger partial charge in [-0.1, -0.05) is 18.7 Å². The molecule has 0 aliphatic heterocycles. The van der Waals surface area contributed by atoms with Gasteiger partial charge in [-0.25, -0.2) is 9.97 Å². The molecule has 17 heavy (non-hydrogen) atoms. The van der Waals surface area contributed by atoms with E-state index in [0.29, 0.717) is 0 Å². The van der Waals surface area contributed by atoms with E-state index in [2.05, 4.69) is 16.9 Å². The van der Waals surface area contributed by atoms with Crippen molar-refractivity contribution in [3.8, 4) is 0 Å². The first-order valence-electron chi connectivity index (χ1n) is 5.94. The Bertz CT molecular complexity index is 305. The lowest BCUT2D eigenvalue weighted by Gasteiger charge is -2.07. The minimum Gasteiger partial charge on any atom is -0.385 e. The van der Waals surface area contributed by atoms with Crippen LogP contribution in [-0.4, -0.2) is 35.5 Å². The zero-order chi connectivity index (χ0) is 12.5. The molecule has 0 bridgehead atoms. The molecule has 1 aromatic heterocycles. The van der Waals surface area contributed by atoms with Gasteiger partial charge in [0.2, 0.25) is 0 Å². The van der Waals surface area contributed by atoms with Crippen molar-refractivity contribution < 1.29 is 4.74 Å². The van der Waals surface area contributed by atoms with Crippen LogP contribution in [0.3, 0.4) is 0 Å². The van der Waals surface area contributed by atoms with E-state index < -0.39 is 0 Å². The van der Waals surface area contributed by atoms with E-state index in [1.54, 1.807) is 18.9 Å². The number of nitrogens with two attached hydrogens (primary N) is 1. The molecule has 1 atom stereocenters. The van der Waals surface area contributed by atoms with E-state index in [-0.39, 0.29) is 6.04 Å². The molecule has 1 heterocycles. The Labute approximate surface area is 107 Å². The maximum absolute atomic E-state index is 5.88. The lowest BCUT2D eigenvalue weighted by atomic mass is 10.1. The molecule has 96 valence electrons. The molecule has 1 unspecified atom stereocenters. The standard InChI is InChI=1S/C12H21N3OS/c1-3-11(13)7-10-8-14-12(15-9-10)17-6-4-5-16-2/h8-9,11H,3-7,13H2,1-2H3. The van der Waals surface area contributed by atoms with Gasteiger partial charge < -0.3 is 10.5 Å². The van der Waals surface area contributed by atoms with Gasteiger partial charge in [-0.05, 0) is 24.8 Å². The molecule has 0 radical (unpaired) electrons. The van der Waals surface area contributed by atoms with Gasteiger partial charge in [0.25, 0.3) is 0 Å². The molecule has 0 spiro atoms. The Balaban J connectivity index is 2.34. The lowest BCUT2D eigenvalue weighted by molar-refractivity contribution is 0.200. The van der Waals surface area contributed by atoms with E-state index in [9.17, 15) is 0 Å². The van der Waals surface area contributed by atoms with Crippen molar-refractivity contribution in [2.24, 2.45) is 5.73 Å². The monoisotopic (exact) mass is 255 g/mol. The molecule has 5 heteroatoms. The highest BCUT2D eigenvalue weighted by molar-refractivity contribution is 7.99. The zero-order valence-corrected chi connectivity index (χ0v) is 11.4. The molecular formula is C12H21N3OS. The smallest absolute Gasteiger partial charge is 0.187 e. The fourth-order valence-corrected chi connectivity index (χ4v) is 2.04. The summed E-state index contributed by atoms with van der Waals surface area (Å²) in [5.41, 5.74) is 6.99. The number of rotatable bonds is 8. The summed E-state index contributed by atoms with van der Waals surface area (Å²) in [5, 5.41) is 0.829. The highest BCUT2D eigenvalue weighted by Crippen LogP contribution is 2.13. The number of thioether (sulfide) groups is 1. The molecule has 2 N–H and O–H groups in total. The second-order valence-corrected chi connectivity index (χ2v) is 5.00. The van der Waals surface area contributed by atoms with Crippen molar-refractivity contribution in [1.82, 2.24) is 9.97 Å². The summed E-state index contributed by atoms with van der Waals surface area (Å²) in [7, 11) is 1.72. The van der Waals surface area contributed by atoms with E-state index in [0.717, 1.165) is 42.3 Å². The summed E-state index contributed by atoms with van der Waals surface area (Å²) in [4.78, 5) is 8.64. The quantitative estimate of drug-likeness (QED) is 0.436. The second-order valence-electron chi connectivity index (χ2n) is 3.94. The van der Waals surface area contributed by atoms with Gasteiger partial charge in [0.15, 0.2) is 5.16 Å². The Morgan fingerprint density at radius 3 is 2.71 bits per heavy atom. The maximum Gasteiger partial charge on any atom is 0.187 e. The minimum atomic E-state index is 0.207. The molecule has 1 rings (SSSR count). The van der Waals surface area contributed by atoms with E-state index >= 15 is 0 Å². The molecule has 0 fully saturated rings. The van der Waals surface area contributed by atoms with E-state index in [1.807, 2.05) is 12.4 Å². The van der Waals surface area contributed by atoms with Gasteiger partial charge in [0, 0.05) is 37.9 Å². The summed E-state index contributed by atoms with van der Waals surface area (Å²) < 4.78 is 4.99. The first-order valence-corrected chi connectivity index (χ1v) is 6.93. The Morgan fingerprint density at radius 1 is 1.41 bits per heavy atom. The zero-order valence-electron chi connectivity index (χ0n) is 10.6. The first kappa shape index (κ1) is 14.4. The fraction of sp³-hybridized carbons (Fsp3) is 0.667. The third-order valence-electron chi connectivity index (χ3n) is 2.43. The molecule has 0 saturated heterocycles. The third kappa shape index (κ3) is 6.00. The summed E-state index contributed by atoms with van der Waals surface area (Å²) in [6.45, 7) is 2.88. The SMILES string of the molecule is CCC(N)Cc1cnc(SCCCOC)nc1. The van der Waals surface area contributed by atoms with Crippen LogP contribution in [0.5, 0.6) is 0 Å². The van der Waals surface area contributed by atoms with Crippen molar-refractivity contribution in [2.75, 3.05) is 19.5 Å². The molecule has 0 saturated carbocycles. The second kappa shape index (κ2) is 8.44. The number of aromatic nitrogens is 2. The van der Waals surface area contributed by atoms with Crippen LogP contribution < -0.4 is 5.73 Å². The van der Waals surface area contributed by atoms with Crippen LogP contribution in [0, 0.1) is 0 Å². The van der Waals surface area contributed by atoms with Gasteiger partial charge in [0.1, 0.15) is 0 Å². The molecule has 0 aliphatic carbocycles. The summed E-state index contributed by atoms with van der Waals surface area (Å²) in [6.07, 6.45) is 6.61. The number of methoxy groups -OCH3 is 1. The maximum atomic E-state index is 5.88. The lowest BCUT2D eigenvalue weighted by Crippen LogP contribution is -2.21. The largest absolute Gasteiger partial charge is 0.385 e. The van der Waals surface area contributed by atoms with Gasteiger partial charge in [-0.15, -0.1) is 0 Å². The molecule has 1 aromatic rings. The number of hydrogen-bond acceptors (Lipinski definition) is 5. The molecule has 0 aromatic carbocycles. The Kier molecular flexibility index (Phi) is 7.16. The molecule has 4 nitrogen and oxygen atoms in total. The number of nitrogens with zero attached hydrogens (tertiary/aromatic N) is 2. The van der Waals surface area contributed by atoms with Crippen molar-refractivity contribution in [1.29, 1.82) is 0 Å². The Hall–Kier alpha value is -0.650. The summed E-state index contributed by atoms with van der Waals surface area (Å²) in [6, 6.07) is 0.207. The molecule has 0 amide bonds. The highest BCUT2D eigenvalue weighted by atomic mass is 32.2. The van der Waals surface area contributed by atoms with Crippen LogP contribution in [0.1, 0.15) is 25.3 Å². The van der Waals surface area contributed by atoms with Crippen LogP contribution in [0.2, 0.25) is 0 Å². The van der Waals surface area contributed by atoms with Gasteiger partial charge >= 0.3 is 0 Å². The van der Waals surface area contributed by atoms with Crippen molar-refractivity contribution >= 4 is 11.8 Å². The average Bonchev–Trinajstić information content (AvgIpc) is 2.36. The van der Waals surface area contributed by atoms with Crippen LogP contribution >= 0.6 is 11.8 Å². The van der Waals surface area contributed by atoms with Gasteiger partial charge in [-0.2, -0.15) is 0 Å². The van der Waals surface area contributed by atoms with Crippen molar-refractivity contribution in [3.63, 3.8) is 0 Å². The molecular weight excluding hydrogens is 234 g/mol. The number of ether oxygens (including phenoxy) is 1. The normalized spacial score (nSPS) is 12.6. The number of hydrogen-bond donors (Lipinski definition) is 1.